The van der Waals surface area contributed by atoms with Crippen molar-refractivity contribution in [3.05, 3.63) is 28.2 Å². The molecule has 1 N–H and O–H groups in total. The fourth-order valence-electron chi connectivity index (χ4n) is 2.33. The monoisotopic (exact) mass is 362 g/mol. The fraction of sp³-hybridized carbons (Fsp3) is 0.643. The van der Waals surface area contributed by atoms with Crippen molar-refractivity contribution in [3.63, 3.8) is 0 Å². The highest BCUT2D eigenvalue weighted by molar-refractivity contribution is 9.10. The molecule has 0 unspecified atom stereocenters. The predicted molar refractivity (Wildman–Crippen MR) is 83.0 cm³/mol. The number of rotatable bonds is 3. The third-order valence-electron chi connectivity index (χ3n) is 3.87. The zero-order valence-electron chi connectivity index (χ0n) is 12.2. The molecule has 20 heavy (non-hydrogen) atoms. The minimum atomic E-state index is -1.26. The highest BCUT2D eigenvalue weighted by Crippen LogP contribution is 2.47. The van der Waals surface area contributed by atoms with Gasteiger partial charge in [-0.3, -0.25) is 4.98 Å². The van der Waals surface area contributed by atoms with E-state index in [4.69, 9.17) is 0 Å². The lowest BCUT2D eigenvalue weighted by Crippen LogP contribution is -2.60. The van der Waals surface area contributed by atoms with Crippen LogP contribution in [0.25, 0.3) is 0 Å². The molecule has 1 aromatic rings. The third kappa shape index (κ3) is 2.89. The van der Waals surface area contributed by atoms with E-state index in [1.54, 1.807) is 6.20 Å². The number of hydrogen-bond donors (Lipinski definition) is 1. The van der Waals surface area contributed by atoms with Crippen molar-refractivity contribution in [2.45, 2.75) is 50.8 Å². The molecule has 1 aliphatic carbocycles. The van der Waals surface area contributed by atoms with Crippen molar-refractivity contribution in [2.24, 2.45) is 5.92 Å². The van der Waals surface area contributed by atoms with Gasteiger partial charge in [0.25, 0.3) is 0 Å². The molecule has 1 aliphatic rings. The molecule has 0 aliphatic heterocycles. The zero-order chi connectivity index (χ0) is 15.1. The van der Waals surface area contributed by atoms with Crippen molar-refractivity contribution in [1.82, 2.24) is 9.71 Å². The van der Waals surface area contributed by atoms with Crippen LogP contribution in [0.2, 0.25) is 0 Å². The van der Waals surface area contributed by atoms with E-state index < -0.39 is 21.6 Å². The van der Waals surface area contributed by atoms with Gasteiger partial charge in [0.05, 0.1) is 0 Å². The molecular formula is C14H20BrFN2OS. The van der Waals surface area contributed by atoms with Crippen molar-refractivity contribution < 1.29 is 8.94 Å². The van der Waals surface area contributed by atoms with Crippen LogP contribution >= 0.6 is 15.9 Å². The molecule has 6 heteroatoms. The summed E-state index contributed by atoms with van der Waals surface area (Å²) in [5.41, 5.74) is -0.250. The second-order valence-electron chi connectivity index (χ2n) is 6.38. The topological polar surface area (TPSA) is 48.0 Å². The Balaban J connectivity index is 2.36. The van der Waals surface area contributed by atoms with E-state index in [1.807, 2.05) is 27.7 Å². The molecule has 0 aromatic carbocycles. The number of pyridine rings is 1. The van der Waals surface area contributed by atoms with Crippen LogP contribution in [0.15, 0.2) is 16.7 Å². The van der Waals surface area contributed by atoms with Gasteiger partial charge in [-0.15, -0.1) is 4.72 Å². The predicted octanol–water partition coefficient (Wildman–Crippen LogP) is 3.66. The van der Waals surface area contributed by atoms with E-state index >= 15 is 0 Å². The minimum absolute atomic E-state index is 0.206. The van der Waals surface area contributed by atoms with Gasteiger partial charge in [-0.25, -0.2) is 4.39 Å². The molecule has 1 aromatic heterocycles. The quantitative estimate of drug-likeness (QED) is 0.834. The van der Waals surface area contributed by atoms with Crippen molar-refractivity contribution in [3.8, 4) is 0 Å². The summed E-state index contributed by atoms with van der Waals surface area (Å²) in [7, 11) is 0. The molecule has 3 atom stereocenters. The van der Waals surface area contributed by atoms with Crippen LogP contribution in [-0.4, -0.2) is 14.3 Å². The summed E-state index contributed by atoms with van der Waals surface area (Å²) in [6, 6.07) is 1.41. The summed E-state index contributed by atoms with van der Waals surface area (Å²) >= 11 is 1.96. The second-order valence-corrected chi connectivity index (χ2v) is 9.26. The average Bonchev–Trinajstić information content (AvgIpc) is 2.33. The maximum atomic E-state index is 14.3. The number of nitrogens with one attached hydrogen (secondary N) is 1. The molecule has 0 bridgehead atoms. The number of hydrogen-bond acceptors (Lipinski definition) is 3. The maximum absolute atomic E-state index is 14.3. The Labute approximate surface area is 131 Å². The van der Waals surface area contributed by atoms with Crippen LogP contribution in [-0.2, 0) is 16.9 Å². The number of aromatic nitrogens is 1. The lowest BCUT2D eigenvalue weighted by atomic mass is 9.66. The number of halogens is 2. The molecule has 3 nitrogen and oxygen atoms in total. The molecular weight excluding hydrogens is 343 g/mol. The normalized spacial score (nSPS) is 28.1. The van der Waals surface area contributed by atoms with Gasteiger partial charge in [-0.2, -0.15) is 0 Å². The summed E-state index contributed by atoms with van der Waals surface area (Å²) in [6.07, 6.45) is 3.32. The molecule has 112 valence electrons. The lowest BCUT2D eigenvalue weighted by Gasteiger charge is -2.48. The van der Waals surface area contributed by atoms with Crippen LogP contribution < -0.4 is 4.72 Å². The molecule has 2 rings (SSSR count). The van der Waals surface area contributed by atoms with Gasteiger partial charge in [0.1, 0.15) is 21.8 Å². The minimum Gasteiger partial charge on any atom is -0.598 e. The highest BCUT2D eigenvalue weighted by Gasteiger charge is 2.52. The van der Waals surface area contributed by atoms with Crippen LogP contribution in [0.4, 0.5) is 4.39 Å². The fourth-order valence-corrected chi connectivity index (χ4v) is 3.68. The van der Waals surface area contributed by atoms with E-state index in [0.29, 0.717) is 10.2 Å². The molecule has 1 heterocycles. The van der Waals surface area contributed by atoms with Gasteiger partial charge in [0, 0.05) is 22.0 Å². The molecule has 0 saturated heterocycles. The molecule has 1 saturated carbocycles. The van der Waals surface area contributed by atoms with E-state index in [-0.39, 0.29) is 11.7 Å². The van der Waals surface area contributed by atoms with Gasteiger partial charge in [-0.1, -0.05) is 6.92 Å². The summed E-state index contributed by atoms with van der Waals surface area (Å²) in [5.74, 6) is -0.152. The van der Waals surface area contributed by atoms with Gasteiger partial charge in [0.2, 0.25) is 0 Å². The Morgan fingerprint density at radius 2 is 2.20 bits per heavy atom. The Morgan fingerprint density at radius 3 is 2.60 bits per heavy atom. The first-order valence-corrected chi connectivity index (χ1v) is 8.62. The second kappa shape index (κ2) is 5.55. The Bertz CT molecular complexity index is 508. The zero-order valence-corrected chi connectivity index (χ0v) is 14.6. The summed E-state index contributed by atoms with van der Waals surface area (Å²) in [4.78, 5) is 4.24. The molecule has 1 fully saturated rings. The van der Waals surface area contributed by atoms with Crippen LogP contribution in [0.5, 0.6) is 0 Å². The first-order chi connectivity index (χ1) is 9.17. The summed E-state index contributed by atoms with van der Waals surface area (Å²) < 4.78 is 30.0. The van der Waals surface area contributed by atoms with Crippen LogP contribution in [0.1, 0.15) is 46.2 Å². The van der Waals surface area contributed by atoms with Crippen LogP contribution in [0, 0.1) is 11.7 Å². The van der Waals surface area contributed by atoms with E-state index in [2.05, 4.69) is 25.6 Å². The van der Waals surface area contributed by atoms with E-state index in [9.17, 15) is 8.94 Å². The molecule has 0 radical (unpaired) electrons. The van der Waals surface area contributed by atoms with Gasteiger partial charge in [-0.05, 0) is 61.5 Å². The van der Waals surface area contributed by atoms with Gasteiger partial charge in [0.15, 0.2) is 0 Å². The van der Waals surface area contributed by atoms with Crippen molar-refractivity contribution in [2.75, 3.05) is 0 Å². The molecule has 0 amide bonds. The average molecular weight is 363 g/mol. The summed E-state index contributed by atoms with van der Waals surface area (Å²) in [6.45, 7) is 7.75. The SMILES string of the molecule is C[C@H]1CC[C@]1(N[S@@+]([O-])C(C)(C)C)c1ncc(Br)cc1F. The lowest BCUT2D eigenvalue weighted by molar-refractivity contribution is 0.112. The third-order valence-corrected chi connectivity index (χ3v) is 5.97. The number of nitrogens with zero attached hydrogens (tertiary/aromatic N) is 1. The Hall–Kier alpha value is -0.170. The van der Waals surface area contributed by atoms with E-state index in [1.165, 1.54) is 6.07 Å². The smallest absolute Gasteiger partial charge is 0.147 e. The molecule has 0 spiro atoms. The standard InChI is InChI=1S/C14H20BrFN2OS/c1-9-5-6-14(9,18-20(19)13(2,3)4)12-11(16)7-10(15)8-17-12/h7-9,18H,5-6H2,1-4H3/t9-,14+,20-/m0/s1. The Morgan fingerprint density at radius 1 is 1.55 bits per heavy atom. The van der Waals surface area contributed by atoms with Gasteiger partial charge >= 0.3 is 0 Å². The first kappa shape index (κ1) is 16.2. The van der Waals surface area contributed by atoms with E-state index in [0.717, 1.165) is 12.8 Å². The van der Waals surface area contributed by atoms with Crippen LogP contribution in [0.3, 0.4) is 0 Å². The Kier molecular flexibility index (Phi) is 4.50. The van der Waals surface area contributed by atoms with Gasteiger partial charge < -0.3 is 4.55 Å². The van der Waals surface area contributed by atoms with Crippen molar-refractivity contribution in [1.29, 1.82) is 0 Å². The largest absolute Gasteiger partial charge is 0.598 e. The summed E-state index contributed by atoms with van der Waals surface area (Å²) in [5, 5.41) is 0. The van der Waals surface area contributed by atoms with Crippen molar-refractivity contribution >= 4 is 27.3 Å². The maximum Gasteiger partial charge on any atom is 0.147 e. The first-order valence-electron chi connectivity index (χ1n) is 6.68. The highest BCUT2D eigenvalue weighted by atomic mass is 79.9.